The van der Waals surface area contributed by atoms with Gasteiger partial charge in [0.05, 0.1) is 12.2 Å². The van der Waals surface area contributed by atoms with Gasteiger partial charge in [0.1, 0.15) is 5.69 Å². The predicted molar refractivity (Wildman–Crippen MR) is 109 cm³/mol. The number of carbonyl (C=O) groups excluding carboxylic acids is 1. The lowest BCUT2D eigenvalue weighted by molar-refractivity contribution is -0.122. The first-order valence-corrected chi connectivity index (χ1v) is 9.75. The zero-order chi connectivity index (χ0) is 19.3. The molecule has 1 aliphatic heterocycles. The van der Waals surface area contributed by atoms with E-state index in [1.807, 2.05) is 66.4 Å². The van der Waals surface area contributed by atoms with Crippen molar-refractivity contribution in [1.29, 1.82) is 0 Å². The van der Waals surface area contributed by atoms with Crippen molar-refractivity contribution in [2.45, 2.75) is 19.8 Å². The number of hydrogen-bond acceptors (Lipinski definition) is 5. The number of benzene rings is 1. The molecule has 1 amide bonds. The first kappa shape index (κ1) is 18.2. The van der Waals surface area contributed by atoms with Crippen LogP contribution in [0.2, 0.25) is 0 Å². The Morgan fingerprint density at radius 1 is 1.14 bits per heavy atom. The minimum absolute atomic E-state index is 0.0412. The maximum atomic E-state index is 13.2. The molecule has 6 heteroatoms. The van der Waals surface area contributed by atoms with Crippen LogP contribution in [0.5, 0.6) is 0 Å². The molecule has 1 aliphatic rings. The first-order valence-electron chi connectivity index (χ1n) is 9.75. The molecule has 1 saturated heterocycles. The zero-order valence-corrected chi connectivity index (χ0v) is 16.0. The normalized spacial score (nSPS) is 16.8. The van der Waals surface area contributed by atoms with Gasteiger partial charge in [-0.3, -0.25) is 4.79 Å². The maximum absolute atomic E-state index is 13.2. The molecule has 6 nitrogen and oxygen atoms in total. The average molecular weight is 376 g/mol. The van der Waals surface area contributed by atoms with Crippen molar-refractivity contribution in [3.8, 4) is 11.5 Å². The lowest BCUT2D eigenvalue weighted by Gasteiger charge is -2.35. The fourth-order valence-electron chi connectivity index (χ4n) is 3.73. The highest BCUT2D eigenvalue weighted by atomic mass is 16.3. The molecule has 0 aliphatic carbocycles. The van der Waals surface area contributed by atoms with Gasteiger partial charge in [-0.15, -0.1) is 10.2 Å². The molecule has 0 bridgehead atoms. The number of anilines is 2. The molecule has 1 atom stereocenters. The standard InChI is InChI=1S/C22H24N4O2/c1-2-26(18-9-4-3-5-10-18)22(27)17-8-6-14-25(16-17)21-13-12-19(23-24-21)20-11-7-15-28-20/h3-5,7,9-13,15,17H,2,6,8,14,16H2,1H3. The van der Waals surface area contributed by atoms with Gasteiger partial charge in [0.2, 0.25) is 5.91 Å². The number of hydrogen-bond donors (Lipinski definition) is 0. The summed E-state index contributed by atoms with van der Waals surface area (Å²) in [6, 6.07) is 17.4. The van der Waals surface area contributed by atoms with Crippen molar-refractivity contribution < 1.29 is 9.21 Å². The van der Waals surface area contributed by atoms with E-state index < -0.39 is 0 Å². The molecule has 144 valence electrons. The SMILES string of the molecule is CCN(C(=O)C1CCCN(c2ccc(-c3ccco3)nn2)C1)c1ccccc1. The van der Waals surface area contributed by atoms with Crippen molar-refractivity contribution in [2.75, 3.05) is 29.4 Å². The average Bonchev–Trinajstić information content (AvgIpc) is 3.30. The van der Waals surface area contributed by atoms with E-state index in [1.54, 1.807) is 6.26 Å². The molecule has 3 heterocycles. The minimum atomic E-state index is -0.0412. The summed E-state index contributed by atoms with van der Waals surface area (Å²) in [5.41, 5.74) is 1.66. The van der Waals surface area contributed by atoms with Crippen molar-refractivity contribution in [3.63, 3.8) is 0 Å². The van der Waals surface area contributed by atoms with Crippen molar-refractivity contribution in [3.05, 3.63) is 60.9 Å². The summed E-state index contributed by atoms with van der Waals surface area (Å²) in [5.74, 6) is 1.64. The molecule has 4 rings (SSSR count). The Kier molecular flexibility index (Phi) is 5.37. The van der Waals surface area contributed by atoms with E-state index in [-0.39, 0.29) is 11.8 Å². The highest BCUT2D eigenvalue weighted by Crippen LogP contribution is 2.26. The molecule has 1 aromatic carbocycles. The second-order valence-corrected chi connectivity index (χ2v) is 6.96. The molecule has 0 radical (unpaired) electrons. The summed E-state index contributed by atoms with van der Waals surface area (Å²) < 4.78 is 5.37. The Bertz CT molecular complexity index is 894. The Labute approximate surface area is 164 Å². The van der Waals surface area contributed by atoms with Crippen LogP contribution in [0.3, 0.4) is 0 Å². The van der Waals surface area contributed by atoms with Gasteiger partial charge in [0, 0.05) is 25.3 Å². The van der Waals surface area contributed by atoms with Crippen LogP contribution in [-0.2, 0) is 4.79 Å². The summed E-state index contributed by atoms with van der Waals surface area (Å²) >= 11 is 0. The number of amides is 1. The summed E-state index contributed by atoms with van der Waals surface area (Å²) in [5, 5.41) is 8.65. The van der Waals surface area contributed by atoms with E-state index in [2.05, 4.69) is 15.1 Å². The zero-order valence-electron chi connectivity index (χ0n) is 16.0. The van der Waals surface area contributed by atoms with Crippen LogP contribution in [0.1, 0.15) is 19.8 Å². The Morgan fingerprint density at radius 2 is 2.00 bits per heavy atom. The third-order valence-corrected chi connectivity index (χ3v) is 5.17. The van der Waals surface area contributed by atoms with Crippen LogP contribution in [0.4, 0.5) is 11.5 Å². The topological polar surface area (TPSA) is 62.5 Å². The second kappa shape index (κ2) is 8.25. The minimum Gasteiger partial charge on any atom is -0.463 e. The fraction of sp³-hybridized carbons (Fsp3) is 0.318. The molecular weight excluding hydrogens is 352 g/mol. The van der Waals surface area contributed by atoms with Crippen molar-refractivity contribution >= 4 is 17.4 Å². The molecular formula is C22H24N4O2. The van der Waals surface area contributed by atoms with E-state index in [1.165, 1.54) is 0 Å². The largest absolute Gasteiger partial charge is 0.463 e. The number of rotatable bonds is 5. The first-order chi connectivity index (χ1) is 13.8. The van der Waals surface area contributed by atoms with Crippen LogP contribution in [0.15, 0.2) is 65.3 Å². The number of aromatic nitrogens is 2. The quantitative estimate of drug-likeness (QED) is 0.673. The molecule has 0 saturated carbocycles. The lowest BCUT2D eigenvalue weighted by Crippen LogP contribution is -2.45. The van der Waals surface area contributed by atoms with E-state index >= 15 is 0 Å². The fourth-order valence-corrected chi connectivity index (χ4v) is 3.73. The lowest BCUT2D eigenvalue weighted by atomic mass is 9.96. The van der Waals surface area contributed by atoms with Crippen LogP contribution in [0, 0.1) is 5.92 Å². The van der Waals surface area contributed by atoms with Gasteiger partial charge in [-0.05, 0) is 56.2 Å². The van der Waals surface area contributed by atoms with Crippen LogP contribution < -0.4 is 9.80 Å². The van der Waals surface area contributed by atoms with Gasteiger partial charge < -0.3 is 14.2 Å². The van der Waals surface area contributed by atoms with Gasteiger partial charge in [-0.1, -0.05) is 18.2 Å². The number of piperidine rings is 1. The number of para-hydroxylation sites is 1. The van der Waals surface area contributed by atoms with E-state index in [4.69, 9.17) is 4.42 Å². The predicted octanol–water partition coefficient (Wildman–Crippen LogP) is 4.01. The number of nitrogens with zero attached hydrogens (tertiary/aromatic N) is 4. The monoisotopic (exact) mass is 376 g/mol. The molecule has 1 fully saturated rings. The summed E-state index contributed by atoms with van der Waals surface area (Å²) in [7, 11) is 0. The smallest absolute Gasteiger partial charge is 0.231 e. The van der Waals surface area contributed by atoms with E-state index in [0.29, 0.717) is 24.5 Å². The number of carbonyl (C=O) groups is 1. The third kappa shape index (κ3) is 3.76. The van der Waals surface area contributed by atoms with Crippen LogP contribution in [-0.4, -0.2) is 35.7 Å². The van der Waals surface area contributed by atoms with E-state index in [9.17, 15) is 4.79 Å². The highest BCUT2D eigenvalue weighted by molar-refractivity contribution is 5.95. The van der Waals surface area contributed by atoms with E-state index in [0.717, 1.165) is 30.9 Å². The number of furan rings is 1. The maximum Gasteiger partial charge on any atom is 0.231 e. The molecule has 2 aromatic heterocycles. The molecule has 1 unspecified atom stereocenters. The van der Waals surface area contributed by atoms with Gasteiger partial charge in [-0.25, -0.2) is 0 Å². The second-order valence-electron chi connectivity index (χ2n) is 6.96. The summed E-state index contributed by atoms with van der Waals surface area (Å²) in [4.78, 5) is 17.2. The van der Waals surface area contributed by atoms with Crippen molar-refractivity contribution in [2.24, 2.45) is 5.92 Å². The highest BCUT2D eigenvalue weighted by Gasteiger charge is 2.30. The third-order valence-electron chi connectivity index (χ3n) is 5.17. The van der Waals surface area contributed by atoms with Crippen molar-refractivity contribution in [1.82, 2.24) is 10.2 Å². The molecule has 0 spiro atoms. The summed E-state index contributed by atoms with van der Waals surface area (Å²) in [6.45, 7) is 4.23. The summed E-state index contributed by atoms with van der Waals surface area (Å²) in [6.07, 6.45) is 3.49. The Balaban J connectivity index is 1.47. The molecule has 28 heavy (non-hydrogen) atoms. The van der Waals surface area contributed by atoms with Crippen LogP contribution >= 0.6 is 0 Å². The Hall–Kier alpha value is -3.15. The molecule has 0 N–H and O–H groups in total. The van der Waals surface area contributed by atoms with Gasteiger partial charge >= 0.3 is 0 Å². The Morgan fingerprint density at radius 3 is 2.68 bits per heavy atom. The van der Waals surface area contributed by atoms with Gasteiger partial charge in [-0.2, -0.15) is 0 Å². The van der Waals surface area contributed by atoms with Crippen LogP contribution in [0.25, 0.3) is 11.5 Å². The van der Waals surface area contributed by atoms with Gasteiger partial charge in [0.15, 0.2) is 11.6 Å². The molecule has 3 aromatic rings. The van der Waals surface area contributed by atoms with Gasteiger partial charge in [0.25, 0.3) is 0 Å².